The Labute approximate surface area is 379 Å². The Bertz CT molecular complexity index is 989. The molecule has 0 aliphatic rings. The molecule has 0 fully saturated rings. The van der Waals surface area contributed by atoms with Gasteiger partial charge in [-0.05, 0) is 64.2 Å². The zero-order valence-electron chi connectivity index (χ0n) is 40.9. The fourth-order valence-corrected chi connectivity index (χ4v) is 7.83. The zero-order valence-corrected chi connectivity index (χ0v) is 40.9. The molecule has 0 amide bonds. The summed E-state index contributed by atoms with van der Waals surface area (Å²) in [7, 11) is 0. The van der Waals surface area contributed by atoms with E-state index in [1.807, 2.05) is 0 Å². The third-order valence-corrected chi connectivity index (χ3v) is 11.9. The lowest BCUT2D eigenvalue weighted by atomic mass is 10.0. The quantitative estimate of drug-likeness (QED) is 0.0262. The number of carbonyl (C=O) groups is 3. The molecule has 0 saturated heterocycles. The van der Waals surface area contributed by atoms with Crippen LogP contribution in [0.1, 0.15) is 290 Å². The van der Waals surface area contributed by atoms with Crippen LogP contribution >= 0.6 is 0 Å². The fraction of sp³-hybridized carbons (Fsp3) is 0.873. The molecule has 0 heterocycles. The summed E-state index contributed by atoms with van der Waals surface area (Å²) in [6.45, 7) is 6.61. The number of esters is 3. The van der Waals surface area contributed by atoms with Crippen LogP contribution in [0.25, 0.3) is 0 Å². The number of hydrogen-bond acceptors (Lipinski definition) is 6. The molecule has 0 bridgehead atoms. The van der Waals surface area contributed by atoms with Gasteiger partial charge in [-0.1, -0.05) is 231 Å². The standard InChI is InChI=1S/C55H102O6/c1-4-7-10-13-16-19-22-24-26-27-29-31-34-36-39-42-45-48-54(57)60-51-52(61-55(58)49-46-43-40-37-32-21-18-15-12-9-6-3)50-59-53(56)47-44-41-38-35-33-30-28-25-23-20-17-14-11-8-5-2/h15,18,25,28,52H,4-14,16-17,19-24,26-27,29-51H2,1-3H3/b18-15-,28-25-/t52-/m1/s1. The number of carbonyl (C=O) groups excluding carboxylic acids is 3. The Hall–Kier alpha value is -2.11. The van der Waals surface area contributed by atoms with E-state index in [0.29, 0.717) is 19.3 Å². The Morgan fingerprint density at radius 1 is 0.311 bits per heavy atom. The lowest BCUT2D eigenvalue weighted by molar-refractivity contribution is -0.167. The van der Waals surface area contributed by atoms with Crippen molar-refractivity contribution in [2.75, 3.05) is 13.2 Å². The van der Waals surface area contributed by atoms with E-state index in [-0.39, 0.29) is 31.1 Å². The molecule has 0 N–H and O–H groups in total. The van der Waals surface area contributed by atoms with Crippen LogP contribution in [-0.2, 0) is 28.6 Å². The van der Waals surface area contributed by atoms with Crippen molar-refractivity contribution in [3.05, 3.63) is 24.3 Å². The molecule has 0 radical (unpaired) electrons. The first-order valence-electron chi connectivity index (χ1n) is 26.8. The van der Waals surface area contributed by atoms with E-state index in [1.165, 1.54) is 173 Å². The molecule has 6 heteroatoms. The van der Waals surface area contributed by atoms with Crippen LogP contribution in [0.2, 0.25) is 0 Å². The van der Waals surface area contributed by atoms with Gasteiger partial charge >= 0.3 is 17.9 Å². The molecule has 0 rings (SSSR count). The second kappa shape index (κ2) is 50.5. The SMILES string of the molecule is CCCC/C=C\CCCCCCCC(=O)O[C@H](COC(=O)CCCCCCC/C=C\CCCCCCCC)COC(=O)CCCCCCCCCCCCCCCCCCC. The Morgan fingerprint density at radius 3 is 0.869 bits per heavy atom. The van der Waals surface area contributed by atoms with Gasteiger partial charge in [0.1, 0.15) is 13.2 Å². The van der Waals surface area contributed by atoms with Gasteiger partial charge in [0.2, 0.25) is 0 Å². The van der Waals surface area contributed by atoms with Gasteiger partial charge in [0, 0.05) is 19.3 Å². The van der Waals surface area contributed by atoms with Crippen molar-refractivity contribution in [3.63, 3.8) is 0 Å². The lowest BCUT2D eigenvalue weighted by Gasteiger charge is -2.18. The van der Waals surface area contributed by atoms with Gasteiger partial charge in [-0.3, -0.25) is 14.4 Å². The number of unbranched alkanes of at least 4 members (excludes halogenated alkanes) is 34. The summed E-state index contributed by atoms with van der Waals surface area (Å²) in [6.07, 6.45) is 57.3. The molecule has 0 aliphatic heterocycles. The van der Waals surface area contributed by atoms with Crippen LogP contribution in [0.5, 0.6) is 0 Å². The van der Waals surface area contributed by atoms with E-state index in [9.17, 15) is 14.4 Å². The molecule has 1 atom stereocenters. The summed E-state index contributed by atoms with van der Waals surface area (Å²) in [5.41, 5.74) is 0. The predicted octanol–water partition coefficient (Wildman–Crippen LogP) is 17.5. The van der Waals surface area contributed by atoms with Gasteiger partial charge < -0.3 is 14.2 Å². The maximum atomic E-state index is 12.8. The topological polar surface area (TPSA) is 78.9 Å². The molecule has 0 aromatic carbocycles. The second-order valence-electron chi connectivity index (χ2n) is 18.1. The Morgan fingerprint density at radius 2 is 0.557 bits per heavy atom. The predicted molar refractivity (Wildman–Crippen MR) is 261 cm³/mol. The Kier molecular flexibility index (Phi) is 48.8. The first-order valence-corrected chi connectivity index (χ1v) is 26.8. The molecule has 0 spiro atoms. The van der Waals surface area contributed by atoms with E-state index in [4.69, 9.17) is 14.2 Å². The smallest absolute Gasteiger partial charge is 0.306 e. The van der Waals surface area contributed by atoms with Crippen LogP contribution < -0.4 is 0 Å². The highest BCUT2D eigenvalue weighted by molar-refractivity contribution is 5.71. The number of hydrogen-bond donors (Lipinski definition) is 0. The van der Waals surface area contributed by atoms with Gasteiger partial charge in [0.05, 0.1) is 0 Å². The van der Waals surface area contributed by atoms with Gasteiger partial charge in [-0.25, -0.2) is 0 Å². The minimum atomic E-state index is -0.774. The molecule has 6 nitrogen and oxygen atoms in total. The highest BCUT2D eigenvalue weighted by Gasteiger charge is 2.19. The molecular weight excluding hydrogens is 757 g/mol. The third-order valence-electron chi connectivity index (χ3n) is 11.9. The number of ether oxygens (including phenoxy) is 3. The first kappa shape index (κ1) is 58.9. The summed E-state index contributed by atoms with van der Waals surface area (Å²) < 4.78 is 16.8. The van der Waals surface area contributed by atoms with Crippen LogP contribution in [-0.4, -0.2) is 37.2 Å². The average Bonchev–Trinajstić information content (AvgIpc) is 3.26. The average molecular weight is 859 g/mol. The summed E-state index contributed by atoms with van der Waals surface area (Å²) in [4.78, 5) is 38.0. The van der Waals surface area contributed by atoms with Crippen molar-refractivity contribution in [3.8, 4) is 0 Å². The van der Waals surface area contributed by atoms with Crippen LogP contribution in [0.4, 0.5) is 0 Å². The van der Waals surface area contributed by atoms with E-state index >= 15 is 0 Å². The summed E-state index contributed by atoms with van der Waals surface area (Å²) >= 11 is 0. The summed E-state index contributed by atoms with van der Waals surface area (Å²) in [5.74, 6) is -0.878. The molecule has 0 saturated carbocycles. The monoisotopic (exact) mass is 859 g/mol. The van der Waals surface area contributed by atoms with E-state index in [0.717, 1.165) is 77.0 Å². The van der Waals surface area contributed by atoms with Crippen molar-refractivity contribution in [2.45, 2.75) is 297 Å². The maximum absolute atomic E-state index is 12.8. The van der Waals surface area contributed by atoms with Crippen LogP contribution in [0.15, 0.2) is 24.3 Å². The molecule has 61 heavy (non-hydrogen) atoms. The fourth-order valence-electron chi connectivity index (χ4n) is 7.83. The summed E-state index contributed by atoms with van der Waals surface area (Å²) in [5, 5.41) is 0. The van der Waals surface area contributed by atoms with Gasteiger partial charge in [0.15, 0.2) is 6.10 Å². The molecule has 0 aromatic heterocycles. The Balaban J connectivity index is 4.30. The summed E-state index contributed by atoms with van der Waals surface area (Å²) in [6, 6.07) is 0. The highest BCUT2D eigenvalue weighted by Crippen LogP contribution is 2.16. The van der Waals surface area contributed by atoms with E-state index < -0.39 is 6.10 Å². The minimum Gasteiger partial charge on any atom is -0.462 e. The molecule has 0 aliphatic carbocycles. The normalized spacial score (nSPS) is 12.1. The van der Waals surface area contributed by atoms with Gasteiger partial charge in [0.25, 0.3) is 0 Å². The maximum Gasteiger partial charge on any atom is 0.306 e. The molecule has 0 unspecified atom stereocenters. The lowest BCUT2D eigenvalue weighted by Crippen LogP contribution is -2.30. The largest absolute Gasteiger partial charge is 0.462 e. The third kappa shape index (κ3) is 48.8. The zero-order chi connectivity index (χ0) is 44.4. The van der Waals surface area contributed by atoms with Crippen LogP contribution in [0.3, 0.4) is 0 Å². The first-order chi connectivity index (χ1) is 30.0. The van der Waals surface area contributed by atoms with Crippen molar-refractivity contribution in [1.29, 1.82) is 0 Å². The number of allylic oxidation sites excluding steroid dienone is 4. The van der Waals surface area contributed by atoms with Crippen molar-refractivity contribution < 1.29 is 28.6 Å². The van der Waals surface area contributed by atoms with Crippen molar-refractivity contribution >= 4 is 17.9 Å². The molecule has 0 aromatic rings. The van der Waals surface area contributed by atoms with Crippen LogP contribution in [0, 0.1) is 0 Å². The van der Waals surface area contributed by atoms with Crippen molar-refractivity contribution in [2.24, 2.45) is 0 Å². The van der Waals surface area contributed by atoms with Crippen molar-refractivity contribution in [1.82, 2.24) is 0 Å². The number of rotatable bonds is 49. The highest BCUT2D eigenvalue weighted by atomic mass is 16.6. The van der Waals surface area contributed by atoms with E-state index in [1.54, 1.807) is 0 Å². The second-order valence-corrected chi connectivity index (χ2v) is 18.1. The minimum absolute atomic E-state index is 0.0734. The molecular formula is C55H102O6. The van der Waals surface area contributed by atoms with Gasteiger partial charge in [-0.15, -0.1) is 0 Å². The molecule has 358 valence electrons. The van der Waals surface area contributed by atoms with Gasteiger partial charge in [-0.2, -0.15) is 0 Å². The van der Waals surface area contributed by atoms with E-state index in [2.05, 4.69) is 45.1 Å².